The number of rotatable bonds is 5. The predicted octanol–water partition coefficient (Wildman–Crippen LogP) is 3.67. The molecule has 0 saturated heterocycles. The molecule has 0 amide bonds. The first-order valence-electron chi connectivity index (χ1n) is 6.40. The summed E-state index contributed by atoms with van der Waals surface area (Å²) in [6.45, 7) is 0. The van der Waals surface area contributed by atoms with Gasteiger partial charge in [0.2, 0.25) is 5.75 Å². The highest BCUT2D eigenvalue weighted by Gasteiger charge is 2.13. The van der Waals surface area contributed by atoms with Gasteiger partial charge >= 0.3 is 0 Å². The van der Waals surface area contributed by atoms with Gasteiger partial charge in [0.05, 0.1) is 14.2 Å². The summed E-state index contributed by atoms with van der Waals surface area (Å²) in [4.78, 5) is 0. The number of methoxy groups -OCH3 is 2. The zero-order valence-electron chi connectivity index (χ0n) is 11.7. The lowest BCUT2D eigenvalue weighted by Gasteiger charge is -2.12. The number of ether oxygens (including phenoxy) is 2. The lowest BCUT2D eigenvalue weighted by atomic mass is 10.1. The molecular weight excluding hydrogens is 252 g/mol. The van der Waals surface area contributed by atoms with Crippen LogP contribution in [-0.2, 0) is 6.42 Å². The van der Waals surface area contributed by atoms with E-state index in [-0.39, 0.29) is 5.75 Å². The van der Waals surface area contributed by atoms with Crippen LogP contribution in [0.4, 0.5) is 0 Å². The van der Waals surface area contributed by atoms with E-state index in [2.05, 4.69) is 12.2 Å². The van der Waals surface area contributed by atoms with Crippen molar-refractivity contribution in [1.29, 1.82) is 0 Å². The van der Waals surface area contributed by atoms with Gasteiger partial charge < -0.3 is 14.6 Å². The molecule has 1 N–H and O–H groups in total. The van der Waals surface area contributed by atoms with Crippen LogP contribution >= 0.6 is 0 Å². The van der Waals surface area contributed by atoms with Crippen LogP contribution in [0.25, 0.3) is 6.08 Å². The summed E-state index contributed by atoms with van der Waals surface area (Å²) in [6.07, 6.45) is 4.82. The Morgan fingerprint density at radius 2 is 1.65 bits per heavy atom. The molecule has 0 heterocycles. The molecule has 2 aromatic carbocycles. The zero-order valence-corrected chi connectivity index (χ0v) is 11.7. The summed E-state index contributed by atoms with van der Waals surface area (Å²) in [6, 6.07) is 13.5. The minimum absolute atomic E-state index is 0.0835. The van der Waals surface area contributed by atoms with Gasteiger partial charge in [-0.05, 0) is 18.1 Å². The minimum Gasteiger partial charge on any atom is -0.504 e. The summed E-state index contributed by atoms with van der Waals surface area (Å²) in [7, 11) is 3.09. The van der Waals surface area contributed by atoms with E-state index in [1.807, 2.05) is 36.4 Å². The molecule has 0 spiro atoms. The highest BCUT2D eigenvalue weighted by atomic mass is 16.5. The summed E-state index contributed by atoms with van der Waals surface area (Å²) in [5, 5.41) is 9.73. The van der Waals surface area contributed by atoms with Crippen molar-refractivity contribution in [3.63, 3.8) is 0 Å². The average molecular weight is 270 g/mol. The maximum atomic E-state index is 9.73. The van der Waals surface area contributed by atoms with Crippen LogP contribution in [0, 0.1) is 0 Å². The third-order valence-corrected chi connectivity index (χ3v) is 3.03. The van der Waals surface area contributed by atoms with Gasteiger partial charge in [-0.1, -0.05) is 48.6 Å². The first-order valence-corrected chi connectivity index (χ1v) is 6.40. The molecule has 2 rings (SSSR count). The molecule has 0 unspecified atom stereocenters. The number of hydrogen-bond donors (Lipinski definition) is 1. The van der Waals surface area contributed by atoms with E-state index in [1.165, 1.54) is 7.11 Å². The van der Waals surface area contributed by atoms with E-state index in [0.29, 0.717) is 17.9 Å². The SMILES string of the molecule is COc1c(O)ccc(CC=Cc2ccccc2)c1OC. The van der Waals surface area contributed by atoms with Crippen LogP contribution < -0.4 is 9.47 Å². The predicted molar refractivity (Wildman–Crippen MR) is 80.4 cm³/mol. The molecule has 0 fully saturated rings. The minimum atomic E-state index is 0.0835. The van der Waals surface area contributed by atoms with Gasteiger partial charge in [-0.15, -0.1) is 0 Å². The normalized spacial score (nSPS) is 10.7. The van der Waals surface area contributed by atoms with Gasteiger partial charge in [-0.2, -0.15) is 0 Å². The molecule has 0 aromatic heterocycles. The molecule has 0 atom stereocenters. The van der Waals surface area contributed by atoms with Crippen LogP contribution in [0.1, 0.15) is 11.1 Å². The zero-order chi connectivity index (χ0) is 14.4. The maximum absolute atomic E-state index is 9.73. The molecule has 3 heteroatoms. The molecule has 0 saturated carbocycles. The van der Waals surface area contributed by atoms with Gasteiger partial charge in [0, 0.05) is 5.56 Å². The fraction of sp³-hybridized carbons (Fsp3) is 0.176. The van der Waals surface area contributed by atoms with Crippen LogP contribution in [0.5, 0.6) is 17.2 Å². The summed E-state index contributed by atoms with van der Waals surface area (Å²) < 4.78 is 10.5. The molecule has 0 aliphatic rings. The van der Waals surface area contributed by atoms with Crippen LogP contribution in [0.2, 0.25) is 0 Å². The van der Waals surface area contributed by atoms with Crippen molar-refractivity contribution in [2.45, 2.75) is 6.42 Å². The Labute approximate surface area is 119 Å². The van der Waals surface area contributed by atoms with Gasteiger partial charge in [0.15, 0.2) is 11.5 Å². The Kier molecular flexibility index (Phi) is 4.66. The fourth-order valence-electron chi connectivity index (χ4n) is 2.06. The van der Waals surface area contributed by atoms with E-state index in [1.54, 1.807) is 13.2 Å². The molecule has 2 aromatic rings. The second kappa shape index (κ2) is 6.66. The molecule has 0 aliphatic heterocycles. The summed E-state index contributed by atoms with van der Waals surface area (Å²) >= 11 is 0. The third kappa shape index (κ3) is 3.12. The number of benzene rings is 2. The number of hydrogen-bond acceptors (Lipinski definition) is 3. The Balaban J connectivity index is 2.20. The molecule has 0 radical (unpaired) electrons. The highest BCUT2D eigenvalue weighted by molar-refractivity contribution is 5.57. The lowest BCUT2D eigenvalue weighted by molar-refractivity contribution is 0.331. The first kappa shape index (κ1) is 14.0. The van der Waals surface area contributed by atoms with E-state index < -0.39 is 0 Å². The van der Waals surface area contributed by atoms with Crippen LogP contribution in [0.3, 0.4) is 0 Å². The average Bonchev–Trinajstić information content (AvgIpc) is 2.49. The molecule has 20 heavy (non-hydrogen) atoms. The van der Waals surface area contributed by atoms with E-state index in [9.17, 15) is 5.11 Å². The standard InChI is InChI=1S/C17H18O3/c1-19-16-14(11-12-15(18)17(16)20-2)10-6-9-13-7-4-3-5-8-13/h3-9,11-12,18H,10H2,1-2H3. The quantitative estimate of drug-likeness (QED) is 0.901. The largest absolute Gasteiger partial charge is 0.504 e. The van der Waals surface area contributed by atoms with Crippen LogP contribution in [-0.4, -0.2) is 19.3 Å². The number of phenols is 1. The van der Waals surface area contributed by atoms with Gasteiger partial charge in [0.25, 0.3) is 0 Å². The highest BCUT2D eigenvalue weighted by Crippen LogP contribution is 2.39. The summed E-state index contributed by atoms with van der Waals surface area (Å²) in [5.74, 6) is 1.03. The Bertz CT molecular complexity index is 589. The first-order chi connectivity index (χ1) is 9.76. The van der Waals surface area contributed by atoms with E-state index >= 15 is 0 Å². The Morgan fingerprint density at radius 1 is 0.950 bits per heavy atom. The van der Waals surface area contributed by atoms with Crippen molar-refractivity contribution in [2.24, 2.45) is 0 Å². The molecular formula is C17H18O3. The van der Waals surface area contributed by atoms with Gasteiger partial charge in [-0.3, -0.25) is 0 Å². The Morgan fingerprint density at radius 3 is 2.30 bits per heavy atom. The number of allylic oxidation sites excluding steroid dienone is 1. The second-order valence-corrected chi connectivity index (χ2v) is 4.33. The number of aromatic hydroxyl groups is 1. The van der Waals surface area contributed by atoms with Crippen molar-refractivity contribution in [3.8, 4) is 17.2 Å². The maximum Gasteiger partial charge on any atom is 0.203 e. The second-order valence-electron chi connectivity index (χ2n) is 4.33. The van der Waals surface area contributed by atoms with Crippen molar-refractivity contribution >= 4 is 6.08 Å². The number of phenolic OH excluding ortho intramolecular Hbond substituents is 1. The molecule has 104 valence electrons. The molecule has 0 aliphatic carbocycles. The van der Waals surface area contributed by atoms with Crippen molar-refractivity contribution in [1.82, 2.24) is 0 Å². The molecule has 3 nitrogen and oxygen atoms in total. The molecule has 0 bridgehead atoms. The Hall–Kier alpha value is -2.42. The monoisotopic (exact) mass is 270 g/mol. The fourth-order valence-corrected chi connectivity index (χ4v) is 2.06. The third-order valence-electron chi connectivity index (χ3n) is 3.03. The summed E-state index contributed by atoms with van der Waals surface area (Å²) in [5.41, 5.74) is 2.12. The van der Waals surface area contributed by atoms with Crippen molar-refractivity contribution in [3.05, 3.63) is 59.7 Å². The van der Waals surface area contributed by atoms with Gasteiger partial charge in [-0.25, -0.2) is 0 Å². The topological polar surface area (TPSA) is 38.7 Å². The van der Waals surface area contributed by atoms with Gasteiger partial charge in [0.1, 0.15) is 0 Å². The van der Waals surface area contributed by atoms with E-state index in [4.69, 9.17) is 9.47 Å². The van der Waals surface area contributed by atoms with Crippen molar-refractivity contribution in [2.75, 3.05) is 14.2 Å². The van der Waals surface area contributed by atoms with Crippen molar-refractivity contribution < 1.29 is 14.6 Å². The van der Waals surface area contributed by atoms with E-state index in [0.717, 1.165) is 11.1 Å². The smallest absolute Gasteiger partial charge is 0.203 e. The van der Waals surface area contributed by atoms with Crippen LogP contribution in [0.15, 0.2) is 48.5 Å². The lowest BCUT2D eigenvalue weighted by Crippen LogP contribution is -1.95.